The summed E-state index contributed by atoms with van der Waals surface area (Å²) in [4.78, 5) is 0. The molecule has 0 spiro atoms. The van der Waals surface area contributed by atoms with Crippen molar-refractivity contribution < 1.29 is 14.9 Å². The van der Waals surface area contributed by atoms with Crippen LogP contribution in [0.5, 0.6) is 0 Å². The molecule has 0 aliphatic rings. The highest BCUT2D eigenvalue weighted by Crippen LogP contribution is 2.21. The van der Waals surface area contributed by atoms with Gasteiger partial charge in [0.1, 0.15) is 18.3 Å². The molecule has 21 heavy (non-hydrogen) atoms. The molecule has 0 aliphatic carbocycles. The molecule has 0 saturated carbocycles. The Morgan fingerprint density at radius 2 is 1.48 bits per heavy atom. The number of hydrogen-bond acceptors (Lipinski definition) is 3. The minimum atomic E-state index is -1.03. The molecule has 0 unspecified atom stereocenters. The maximum Gasteiger partial charge on any atom is 0.114 e. The van der Waals surface area contributed by atoms with Gasteiger partial charge in [-0.3, -0.25) is 0 Å². The Labute approximate surface area is 125 Å². The summed E-state index contributed by atoms with van der Waals surface area (Å²) in [6.45, 7) is 0. The number of rotatable bonds is 6. The normalized spacial score (nSPS) is 15.8. The zero-order valence-corrected chi connectivity index (χ0v) is 12.0. The Hall–Kier alpha value is -1.94. The van der Waals surface area contributed by atoms with E-state index in [1.54, 1.807) is 18.2 Å². The van der Waals surface area contributed by atoms with Crippen molar-refractivity contribution >= 4 is 6.08 Å². The summed E-state index contributed by atoms with van der Waals surface area (Å²) in [6.07, 6.45) is 1.02. The lowest BCUT2D eigenvalue weighted by molar-refractivity contribution is -0.0573. The van der Waals surface area contributed by atoms with Crippen molar-refractivity contribution in [3.05, 3.63) is 77.9 Å². The Bertz CT molecular complexity index is 551. The van der Waals surface area contributed by atoms with Crippen LogP contribution in [0.2, 0.25) is 0 Å². The van der Waals surface area contributed by atoms with Crippen LogP contribution in [0.15, 0.2) is 66.7 Å². The fourth-order valence-corrected chi connectivity index (χ4v) is 2.13. The number of aliphatic hydroxyl groups is 2. The first-order valence-corrected chi connectivity index (χ1v) is 6.89. The van der Waals surface area contributed by atoms with Gasteiger partial charge in [-0.2, -0.15) is 0 Å². The summed E-state index contributed by atoms with van der Waals surface area (Å²) >= 11 is 0. The fraction of sp³-hybridized carbons (Fsp3) is 0.222. The lowest BCUT2D eigenvalue weighted by Gasteiger charge is -2.23. The molecule has 0 amide bonds. The Morgan fingerprint density at radius 1 is 0.905 bits per heavy atom. The third-order valence-corrected chi connectivity index (χ3v) is 3.35. The molecule has 3 nitrogen and oxygen atoms in total. The van der Waals surface area contributed by atoms with Crippen LogP contribution >= 0.6 is 0 Å². The van der Waals surface area contributed by atoms with Crippen LogP contribution in [-0.4, -0.2) is 29.5 Å². The van der Waals surface area contributed by atoms with E-state index in [4.69, 9.17) is 4.74 Å². The van der Waals surface area contributed by atoms with Gasteiger partial charge in [0.25, 0.3) is 0 Å². The Morgan fingerprint density at radius 3 is 2.05 bits per heavy atom. The highest BCUT2D eigenvalue weighted by molar-refractivity contribution is 5.49. The molecule has 3 atom stereocenters. The Kier molecular flexibility index (Phi) is 5.69. The van der Waals surface area contributed by atoms with Crippen molar-refractivity contribution in [2.24, 2.45) is 0 Å². The van der Waals surface area contributed by atoms with Gasteiger partial charge in [0.05, 0.1) is 0 Å². The van der Waals surface area contributed by atoms with Gasteiger partial charge in [-0.15, -0.1) is 0 Å². The number of aliphatic hydroxyl groups excluding tert-OH is 2. The molecular formula is C18H20O3. The van der Waals surface area contributed by atoms with E-state index in [2.05, 4.69) is 0 Å². The van der Waals surface area contributed by atoms with Crippen LogP contribution in [0.25, 0.3) is 6.08 Å². The van der Waals surface area contributed by atoms with Gasteiger partial charge in [0.2, 0.25) is 0 Å². The number of benzene rings is 2. The molecule has 0 radical (unpaired) electrons. The first-order chi connectivity index (χ1) is 10.2. The minimum absolute atomic E-state index is 0.583. The van der Waals surface area contributed by atoms with Crippen LogP contribution in [0.3, 0.4) is 0 Å². The second-order valence-corrected chi connectivity index (χ2v) is 4.82. The van der Waals surface area contributed by atoms with Crippen LogP contribution in [0.1, 0.15) is 17.2 Å². The molecule has 110 valence electrons. The SMILES string of the molecule is CO[C@H](/C=C/c1ccccc1)[C@H](O)[C@H](O)c1ccccc1. The molecule has 2 rings (SSSR count). The number of ether oxygens (including phenoxy) is 1. The first-order valence-electron chi connectivity index (χ1n) is 6.89. The molecule has 0 saturated heterocycles. The molecule has 0 aliphatic heterocycles. The molecule has 3 heteroatoms. The summed E-state index contributed by atoms with van der Waals surface area (Å²) in [6, 6.07) is 18.8. The standard InChI is InChI=1S/C18H20O3/c1-21-16(13-12-14-8-4-2-5-9-14)18(20)17(19)15-10-6-3-7-11-15/h2-13,16-20H,1H3/b13-12+/t16-,17-,18+/m1/s1. The summed E-state index contributed by atoms with van der Waals surface area (Å²) < 4.78 is 5.28. The quantitative estimate of drug-likeness (QED) is 0.857. The van der Waals surface area contributed by atoms with E-state index in [0.29, 0.717) is 5.56 Å². The number of hydrogen-bond donors (Lipinski definition) is 2. The largest absolute Gasteiger partial charge is 0.387 e. The third kappa shape index (κ3) is 4.26. The van der Waals surface area contributed by atoms with Gasteiger partial charge >= 0.3 is 0 Å². The van der Waals surface area contributed by atoms with E-state index in [-0.39, 0.29) is 0 Å². The average Bonchev–Trinajstić information content (AvgIpc) is 2.56. The molecule has 0 heterocycles. The van der Waals surface area contributed by atoms with Crippen molar-refractivity contribution in [3.8, 4) is 0 Å². The fourth-order valence-electron chi connectivity index (χ4n) is 2.13. The van der Waals surface area contributed by atoms with Crippen molar-refractivity contribution in [1.29, 1.82) is 0 Å². The second-order valence-electron chi connectivity index (χ2n) is 4.82. The van der Waals surface area contributed by atoms with Crippen LogP contribution < -0.4 is 0 Å². The summed E-state index contributed by atoms with van der Waals surface area (Å²) in [5, 5.41) is 20.5. The molecule has 2 N–H and O–H groups in total. The zero-order chi connectivity index (χ0) is 15.1. The lowest BCUT2D eigenvalue weighted by atomic mass is 9.99. The molecule has 0 fully saturated rings. The summed E-state index contributed by atoms with van der Waals surface area (Å²) in [7, 11) is 1.51. The van der Waals surface area contributed by atoms with Gasteiger partial charge in [0.15, 0.2) is 0 Å². The van der Waals surface area contributed by atoms with Gasteiger partial charge in [-0.05, 0) is 11.1 Å². The van der Waals surface area contributed by atoms with E-state index in [9.17, 15) is 10.2 Å². The molecule has 0 aromatic heterocycles. The van der Waals surface area contributed by atoms with Crippen molar-refractivity contribution in [3.63, 3.8) is 0 Å². The van der Waals surface area contributed by atoms with E-state index >= 15 is 0 Å². The maximum atomic E-state index is 10.3. The van der Waals surface area contributed by atoms with Crippen LogP contribution in [0, 0.1) is 0 Å². The van der Waals surface area contributed by atoms with Gasteiger partial charge in [0, 0.05) is 7.11 Å². The smallest absolute Gasteiger partial charge is 0.114 e. The predicted octanol–water partition coefficient (Wildman–Crippen LogP) is 2.81. The average molecular weight is 284 g/mol. The Balaban J connectivity index is 2.08. The van der Waals surface area contributed by atoms with E-state index in [1.165, 1.54) is 7.11 Å². The highest BCUT2D eigenvalue weighted by Gasteiger charge is 2.25. The lowest BCUT2D eigenvalue weighted by Crippen LogP contribution is -2.32. The van der Waals surface area contributed by atoms with E-state index < -0.39 is 18.3 Å². The second kappa shape index (κ2) is 7.74. The predicted molar refractivity (Wildman–Crippen MR) is 83.7 cm³/mol. The third-order valence-electron chi connectivity index (χ3n) is 3.35. The topological polar surface area (TPSA) is 49.7 Å². The van der Waals surface area contributed by atoms with E-state index in [0.717, 1.165) is 5.56 Å². The van der Waals surface area contributed by atoms with E-state index in [1.807, 2.05) is 54.6 Å². The van der Waals surface area contributed by atoms with Crippen molar-refractivity contribution in [2.45, 2.75) is 18.3 Å². The van der Waals surface area contributed by atoms with Crippen molar-refractivity contribution in [1.82, 2.24) is 0 Å². The molecule has 0 bridgehead atoms. The van der Waals surface area contributed by atoms with Gasteiger partial charge in [-0.1, -0.05) is 72.8 Å². The summed E-state index contributed by atoms with van der Waals surface area (Å²) in [5.41, 5.74) is 1.68. The van der Waals surface area contributed by atoms with Crippen LogP contribution in [-0.2, 0) is 4.74 Å². The summed E-state index contributed by atoms with van der Waals surface area (Å²) in [5.74, 6) is 0. The number of methoxy groups -OCH3 is 1. The van der Waals surface area contributed by atoms with Gasteiger partial charge < -0.3 is 14.9 Å². The monoisotopic (exact) mass is 284 g/mol. The highest BCUT2D eigenvalue weighted by atomic mass is 16.5. The van der Waals surface area contributed by atoms with Gasteiger partial charge in [-0.25, -0.2) is 0 Å². The zero-order valence-electron chi connectivity index (χ0n) is 12.0. The molecule has 2 aromatic rings. The van der Waals surface area contributed by atoms with Crippen molar-refractivity contribution in [2.75, 3.05) is 7.11 Å². The molecular weight excluding hydrogens is 264 g/mol. The first kappa shape index (κ1) is 15.4. The van der Waals surface area contributed by atoms with Crippen LogP contribution in [0.4, 0.5) is 0 Å². The molecule has 2 aromatic carbocycles. The maximum absolute atomic E-state index is 10.3. The minimum Gasteiger partial charge on any atom is -0.387 e.